The van der Waals surface area contributed by atoms with Crippen LogP contribution in [-0.2, 0) is 19.0 Å². The van der Waals surface area contributed by atoms with Crippen molar-refractivity contribution in [3.8, 4) is 0 Å². The molecule has 0 aromatic heterocycles. The average molecular weight is 214 g/mol. The summed E-state index contributed by atoms with van der Waals surface area (Å²) >= 11 is 0. The number of fused-ring (bicyclic) bond motifs is 1. The second-order valence-electron chi connectivity index (χ2n) is 4.42. The van der Waals surface area contributed by atoms with Gasteiger partial charge in [-0.05, 0) is 12.8 Å². The van der Waals surface area contributed by atoms with E-state index in [9.17, 15) is 9.90 Å². The Bertz CT molecular complexity index is 284. The standard InChI is InChI=1S/C10H14O5/c11-8-6-7(9(12)13-8)15-10(14-6)4-2-1-3-5-10/h6-8,11H,1-5H2/t6-,7+,8+/m1/s1. The van der Waals surface area contributed by atoms with Gasteiger partial charge in [0, 0.05) is 12.8 Å². The number of hydrogen-bond donors (Lipinski definition) is 1. The van der Waals surface area contributed by atoms with Crippen molar-refractivity contribution >= 4 is 5.97 Å². The van der Waals surface area contributed by atoms with E-state index in [1.54, 1.807) is 0 Å². The summed E-state index contributed by atoms with van der Waals surface area (Å²) in [7, 11) is 0. The van der Waals surface area contributed by atoms with E-state index in [0.717, 1.165) is 25.7 Å². The van der Waals surface area contributed by atoms with E-state index in [1.807, 2.05) is 0 Å². The maximum absolute atomic E-state index is 11.3. The second kappa shape index (κ2) is 3.17. The molecule has 3 aliphatic rings. The van der Waals surface area contributed by atoms with Crippen molar-refractivity contribution in [2.24, 2.45) is 0 Å². The molecule has 1 spiro atoms. The number of carbonyl (C=O) groups is 1. The third-order valence-corrected chi connectivity index (χ3v) is 3.36. The molecule has 15 heavy (non-hydrogen) atoms. The van der Waals surface area contributed by atoms with Crippen LogP contribution in [0.25, 0.3) is 0 Å². The normalized spacial score (nSPS) is 43.0. The van der Waals surface area contributed by atoms with Gasteiger partial charge in [0.2, 0.25) is 6.29 Å². The molecule has 1 saturated carbocycles. The van der Waals surface area contributed by atoms with Crippen LogP contribution in [0.1, 0.15) is 32.1 Å². The number of aliphatic hydroxyl groups is 1. The van der Waals surface area contributed by atoms with Crippen molar-refractivity contribution in [2.75, 3.05) is 0 Å². The first-order valence-electron chi connectivity index (χ1n) is 5.44. The van der Waals surface area contributed by atoms with Crippen LogP contribution in [0.5, 0.6) is 0 Å². The maximum atomic E-state index is 11.3. The van der Waals surface area contributed by atoms with Crippen LogP contribution in [-0.4, -0.2) is 35.4 Å². The average Bonchev–Trinajstić information content (AvgIpc) is 2.69. The first-order valence-corrected chi connectivity index (χ1v) is 5.44. The van der Waals surface area contributed by atoms with Crippen LogP contribution in [0.3, 0.4) is 0 Å². The Morgan fingerprint density at radius 1 is 1.20 bits per heavy atom. The second-order valence-corrected chi connectivity index (χ2v) is 4.42. The fourth-order valence-corrected chi connectivity index (χ4v) is 2.61. The van der Waals surface area contributed by atoms with Crippen molar-refractivity contribution in [1.82, 2.24) is 0 Å². The Kier molecular flexibility index (Phi) is 2.02. The molecule has 0 radical (unpaired) electrons. The molecular weight excluding hydrogens is 200 g/mol. The van der Waals surface area contributed by atoms with Crippen molar-refractivity contribution < 1.29 is 24.1 Å². The summed E-state index contributed by atoms with van der Waals surface area (Å²) in [4.78, 5) is 11.3. The van der Waals surface area contributed by atoms with Gasteiger partial charge in [0.25, 0.3) is 0 Å². The fourth-order valence-electron chi connectivity index (χ4n) is 2.61. The molecular formula is C10H14O5. The molecule has 0 aromatic carbocycles. The highest BCUT2D eigenvalue weighted by molar-refractivity contribution is 5.78. The smallest absolute Gasteiger partial charge is 0.340 e. The SMILES string of the molecule is O=C1O[C@H](O)[C@@H]2OC3(CCCCC3)O[C@H]12. The number of hydrogen-bond acceptors (Lipinski definition) is 5. The van der Waals surface area contributed by atoms with Crippen molar-refractivity contribution in [3.63, 3.8) is 0 Å². The molecule has 0 bridgehead atoms. The number of carbonyl (C=O) groups excluding carboxylic acids is 1. The number of cyclic esters (lactones) is 1. The van der Waals surface area contributed by atoms with E-state index in [-0.39, 0.29) is 0 Å². The van der Waals surface area contributed by atoms with E-state index >= 15 is 0 Å². The summed E-state index contributed by atoms with van der Waals surface area (Å²) in [5.41, 5.74) is 0. The zero-order valence-corrected chi connectivity index (χ0v) is 8.35. The van der Waals surface area contributed by atoms with E-state index in [0.29, 0.717) is 0 Å². The van der Waals surface area contributed by atoms with Gasteiger partial charge in [-0.2, -0.15) is 0 Å². The Hall–Kier alpha value is -0.650. The Labute approximate surface area is 87.3 Å². The maximum Gasteiger partial charge on any atom is 0.340 e. The van der Waals surface area contributed by atoms with Gasteiger partial charge in [-0.1, -0.05) is 6.42 Å². The minimum atomic E-state index is -1.16. The highest BCUT2D eigenvalue weighted by Gasteiger charge is 2.58. The predicted molar refractivity (Wildman–Crippen MR) is 47.7 cm³/mol. The van der Waals surface area contributed by atoms with Gasteiger partial charge in [0.15, 0.2) is 18.0 Å². The number of rotatable bonds is 0. The van der Waals surface area contributed by atoms with Crippen LogP contribution < -0.4 is 0 Å². The van der Waals surface area contributed by atoms with Crippen LogP contribution in [0.2, 0.25) is 0 Å². The zero-order chi connectivity index (χ0) is 10.5. The van der Waals surface area contributed by atoms with Gasteiger partial charge in [-0.3, -0.25) is 0 Å². The highest BCUT2D eigenvalue weighted by atomic mass is 16.8. The van der Waals surface area contributed by atoms with Crippen LogP contribution in [0.4, 0.5) is 0 Å². The molecule has 5 heteroatoms. The topological polar surface area (TPSA) is 65.0 Å². The molecule has 1 aliphatic carbocycles. The molecule has 0 aromatic rings. The molecule has 3 fully saturated rings. The lowest BCUT2D eigenvalue weighted by atomic mass is 9.94. The minimum absolute atomic E-state index is 0.505. The molecule has 2 saturated heterocycles. The van der Waals surface area contributed by atoms with Crippen LogP contribution in [0.15, 0.2) is 0 Å². The Morgan fingerprint density at radius 3 is 2.60 bits per heavy atom. The lowest BCUT2D eigenvalue weighted by molar-refractivity contribution is -0.233. The van der Waals surface area contributed by atoms with E-state index < -0.39 is 30.3 Å². The van der Waals surface area contributed by atoms with E-state index in [1.165, 1.54) is 6.42 Å². The van der Waals surface area contributed by atoms with Crippen LogP contribution >= 0.6 is 0 Å². The molecule has 2 aliphatic heterocycles. The number of ether oxygens (including phenoxy) is 3. The van der Waals surface area contributed by atoms with Gasteiger partial charge in [-0.15, -0.1) is 0 Å². The molecule has 3 atom stereocenters. The summed E-state index contributed by atoms with van der Waals surface area (Å²) in [6, 6.07) is 0. The molecule has 3 rings (SSSR count). The van der Waals surface area contributed by atoms with Crippen molar-refractivity contribution in [3.05, 3.63) is 0 Å². The largest absolute Gasteiger partial charge is 0.431 e. The molecule has 2 heterocycles. The van der Waals surface area contributed by atoms with E-state index in [2.05, 4.69) is 4.74 Å². The molecule has 5 nitrogen and oxygen atoms in total. The molecule has 84 valence electrons. The lowest BCUT2D eigenvalue weighted by Crippen LogP contribution is -2.36. The van der Waals surface area contributed by atoms with Crippen molar-refractivity contribution in [1.29, 1.82) is 0 Å². The third-order valence-electron chi connectivity index (χ3n) is 3.36. The van der Waals surface area contributed by atoms with Crippen molar-refractivity contribution in [2.45, 2.75) is 56.4 Å². The number of aliphatic hydroxyl groups excluding tert-OH is 1. The zero-order valence-electron chi connectivity index (χ0n) is 8.35. The minimum Gasteiger partial charge on any atom is -0.431 e. The molecule has 0 unspecified atom stereocenters. The Morgan fingerprint density at radius 2 is 1.93 bits per heavy atom. The first kappa shape index (κ1) is 9.57. The monoisotopic (exact) mass is 214 g/mol. The van der Waals surface area contributed by atoms with Gasteiger partial charge in [0.05, 0.1) is 0 Å². The van der Waals surface area contributed by atoms with E-state index in [4.69, 9.17) is 9.47 Å². The van der Waals surface area contributed by atoms with Gasteiger partial charge >= 0.3 is 5.97 Å². The summed E-state index contributed by atoms with van der Waals surface area (Å²) in [6.45, 7) is 0. The fraction of sp³-hybridized carbons (Fsp3) is 0.900. The van der Waals surface area contributed by atoms with Gasteiger partial charge in [0.1, 0.15) is 0 Å². The van der Waals surface area contributed by atoms with Gasteiger partial charge < -0.3 is 19.3 Å². The Balaban J connectivity index is 1.79. The molecule has 0 amide bonds. The lowest BCUT2D eigenvalue weighted by Gasteiger charge is -2.32. The highest BCUT2D eigenvalue weighted by Crippen LogP contribution is 2.43. The summed E-state index contributed by atoms with van der Waals surface area (Å²) < 4.78 is 15.9. The quantitative estimate of drug-likeness (QED) is 0.588. The van der Waals surface area contributed by atoms with Gasteiger partial charge in [-0.25, -0.2) is 4.79 Å². The first-order chi connectivity index (χ1) is 7.20. The summed E-state index contributed by atoms with van der Waals surface area (Å²) in [5.74, 6) is -1.14. The number of esters is 1. The third kappa shape index (κ3) is 1.38. The van der Waals surface area contributed by atoms with Crippen LogP contribution in [0, 0.1) is 0 Å². The summed E-state index contributed by atoms with van der Waals surface area (Å²) in [5, 5.41) is 9.44. The predicted octanol–water partition coefficient (Wildman–Crippen LogP) is 0.306. The summed E-state index contributed by atoms with van der Waals surface area (Å²) in [6.07, 6.45) is 2.36. The molecule has 1 N–H and O–H groups in total.